The molecule has 1 unspecified atom stereocenters. The number of aliphatic hydroxyl groups is 1. The number of aliphatic hydroxyl groups excluding tert-OH is 1. The Hall–Kier alpha value is -0.490. The molecule has 1 saturated heterocycles. The van der Waals surface area contributed by atoms with Gasteiger partial charge in [0, 0.05) is 6.54 Å². The van der Waals surface area contributed by atoms with Crippen molar-refractivity contribution < 1.29 is 19.4 Å². The third kappa shape index (κ3) is 2.25. The minimum absolute atomic E-state index is 0.0500. The van der Waals surface area contributed by atoms with Gasteiger partial charge in [-0.1, -0.05) is 0 Å². The lowest BCUT2D eigenvalue weighted by atomic mass is 10.1. The number of nitrogens with two attached hydrogens (primary N) is 1. The molecular weight excluding hydrogens is 174 g/mol. The lowest BCUT2D eigenvalue weighted by molar-refractivity contribution is -0.156. The molecule has 1 fully saturated rings. The molecule has 0 aromatic rings. The number of hydrogen-bond acceptors (Lipinski definition) is 5. The predicted molar refractivity (Wildman–Crippen MR) is 45.0 cm³/mol. The molecule has 5 heteroatoms. The molecule has 3 N–H and O–H groups in total. The fourth-order valence-electron chi connectivity index (χ4n) is 1.35. The summed E-state index contributed by atoms with van der Waals surface area (Å²) in [6.45, 7) is 3.42. The van der Waals surface area contributed by atoms with Gasteiger partial charge >= 0.3 is 0 Å². The topological polar surface area (TPSA) is 81.8 Å². The van der Waals surface area contributed by atoms with Crippen molar-refractivity contribution in [3.8, 4) is 0 Å². The van der Waals surface area contributed by atoms with Crippen LogP contribution in [0.5, 0.6) is 0 Å². The average molecular weight is 189 g/mol. The Morgan fingerprint density at radius 3 is 2.69 bits per heavy atom. The maximum absolute atomic E-state index is 10.6. The summed E-state index contributed by atoms with van der Waals surface area (Å²) in [5.41, 5.74) is 5.26. The standard InChI is InChI=1S/C8H15NO4/c1-8(2)12-6(4-10)7(13-8)5(11)3-9/h4-7,11H,3,9H2,1-2H3/t5?,6-,7-/m0/s1. The first-order valence-corrected chi connectivity index (χ1v) is 4.19. The molecule has 1 aliphatic rings. The summed E-state index contributed by atoms with van der Waals surface area (Å²) in [6.07, 6.45) is -1.62. The van der Waals surface area contributed by atoms with E-state index >= 15 is 0 Å². The summed E-state index contributed by atoms with van der Waals surface area (Å²) in [5, 5.41) is 9.40. The van der Waals surface area contributed by atoms with Crippen LogP contribution in [0.1, 0.15) is 13.8 Å². The van der Waals surface area contributed by atoms with Crippen molar-refractivity contribution in [2.45, 2.75) is 37.9 Å². The summed E-state index contributed by atoms with van der Waals surface area (Å²) < 4.78 is 10.5. The zero-order chi connectivity index (χ0) is 10.1. The second kappa shape index (κ2) is 3.71. The summed E-state index contributed by atoms with van der Waals surface area (Å²) in [7, 11) is 0. The second-order valence-corrected chi connectivity index (χ2v) is 3.50. The van der Waals surface area contributed by atoms with Gasteiger partial charge in [-0.3, -0.25) is 0 Å². The van der Waals surface area contributed by atoms with Gasteiger partial charge in [-0.05, 0) is 13.8 Å². The highest BCUT2D eigenvalue weighted by Gasteiger charge is 2.44. The van der Waals surface area contributed by atoms with Crippen LogP contribution in [0.2, 0.25) is 0 Å². The number of aldehydes is 1. The minimum atomic E-state index is -0.864. The minimum Gasteiger partial charge on any atom is -0.389 e. The zero-order valence-corrected chi connectivity index (χ0v) is 7.77. The van der Waals surface area contributed by atoms with Crippen LogP contribution >= 0.6 is 0 Å². The third-order valence-electron chi connectivity index (χ3n) is 1.92. The van der Waals surface area contributed by atoms with E-state index in [9.17, 15) is 9.90 Å². The molecule has 1 heterocycles. The molecule has 0 saturated carbocycles. The van der Waals surface area contributed by atoms with Crippen molar-refractivity contribution >= 4 is 6.29 Å². The quantitative estimate of drug-likeness (QED) is 0.558. The van der Waals surface area contributed by atoms with Gasteiger partial charge in [-0.2, -0.15) is 0 Å². The Morgan fingerprint density at radius 2 is 2.23 bits per heavy atom. The molecule has 13 heavy (non-hydrogen) atoms. The van der Waals surface area contributed by atoms with Crippen molar-refractivity contribution in [1.82, 2.24) is 0 Å². The molecule has 3 atom stereocenters. The molecule has 0 aliphatic carbocycles. The molecule has 0 aromatic heterocycles. The molecule has 0 bridgehead atoms. The Balaban J connectivity index is 2.68. The van der Waals surface area contributed by atoms with Crippen LogP contribution in [-0.4, -0.2) is 42.0 Å². The number of rotatable bonds is 3. The highest BCUT2D eigenvalue weighted by molar-refractivity contribution is 5.58. The monoisotopic (exact) mass is 189 g/mol. The van der Waals surface area contributed by atoms with E-state index in [1.54, 1.807) is 13.8 Å². The van der Waals surface area contributed by atoms with Gasteiger partial charge in [0.15, 0.2) is 12.1 Å². The van der Waals surface area contributed by atoms with Crippen LogP contribution in [0, 0.1) is 0 Å². The summed E-state index contributed by atoms with van der Waals surface area (Å²) in [4.78, 5) is 10.6. The predicted octanol–water partition coefficient (Wildman–Crippen LogP) is -0.975. The fraction of sp³-hybridized carbons (Fsp3) is 0.875. The molecular formula is C8H15NO4. The van der Waals surface area contributed by atoms with Gasteiger partial charge in [0.25, 0.3) is 0 Å². The summed E-state index contributed by atoms with van der Waals surface area (Å²) in [5.74, 6) is -0.827. The first-order chi connectivity index (χ1) is 6.00. The van der Waals surface area contributed by atoms with Crippen LogP contribution in [0.15, 0.2) is 0 Å². The van der Waals surface area contributed by atoms with Crippen molar-refractivity contribution in [3.05, 3.63) is 0 Å². The number of hydrogen-bond donors (Lipinski definition) is 2. The number of carbonyl (C=O) groups excluding carboxylic acids is 1. The molecule has 0 radical (unpaired) electrons. The van der Waals surface area contributed by atoms with E-state index in [1.807, 2.05) is 0 Å². The summed E-state index contributed by atoms with van der Waals surface area (Å²) in [6, 6.07) is 0. The van der Waals surface area contributed by atoms with Gasteiger partial charge in [-0.25, -0.2) is 0 Å². The van der Waals surface area contributed by atoms with Crippen molar-refractivity contribution in [2.75, 3.05) is 6.54 Å². The summed E-state index contributed by atoms with van der Waals surface area (Å²) >= 11 is 0. The molecule has 1 rings (SSSR count). The zero-order valence-electron chi connectivity index (χ0n) is 7.77. The Labute approximate surface area is 76.8 Å². The van der Waals surface area contributed by atoms with E-state index in [0.717, 1.165) is 0 Å². The van der Waals surface area contributed by atoms with Crippen LogP contribution in [0.3, 0.4) is 0 Å². The van der Waals surface area contributed by atoms with Gasteiger partial charge in [0.1, 0.15) is 12.2 Å². The number of carbonyl (C=O) groups is 1. The fourth-order valence-corrected chi connectivity index (χ4v) is 1.35. The van der Waals surface area contributed by atoms with Gasteiger partial charge in [0.2, 0.25) is 0 Å². The molecule has 76 valence electrons. The highest BCUT2D eigenvalue weighted by atomic mass is 16.8. The first-order valence-electron chi connectivity index (χ1n) is 4.19. The smallest absolute Gasteiger partial charge is 0.164 e. The Morgan fingerprint density at radius 1 is 1.62 bits per heavy atom. The highest BCUT2D eigenvalue weighted by Crippen LogP contribution is 2.28. The lowest BCUT2D eigenvalue weighted by Crippen LogP contribution is -2.40. The molecule has 1 aliphatic heterocycles. The van der Waals surface area contributed by atoms with Crippen LogP contribution in [0.4, 0.5) is 0 Å². The van der Waals surface area contributed by atoms with E-state index < -0.39 is 24.1 Å². The maximum Gasteiger partial charge on any atom is 0.164 e. The van der Waals surface area contributed by atoms with Crippen molar-refractivity contribution in [2.24, 2.45) is 5.73 Å². The lowest BCUT2D eigenvalue weighted by Gasteiger charge is -2.19. The van der Waals surface area contributed by atoms with Crippen molar-refractivity contribution in [1.29, 1.82) is 0 Å². The van der Waals surface area contributed by atoms with Gasteiger partial charge in [0.05, 0.1) is 6.10 Å². The van der Waals surface area contributed by atoms with Gasteiger partial charge in [-0.15, -0.1) is 0 Å². The Bertz CT molecular complexity index is 195. The normalized spacial score (nSPS) is 34.5. The van der Waals surface area contributed by atoms with E-state index in [0.29, 0.717) is 6.29 Å². The van der Waals surface area contributed by atoms with Crippen LogP contribution < -0.4 is 5.73 Å². The molecule has 0 aromatic carbocycles. The van der Waals surface area contributed by atoms with E-state index in [1.165, 1.54) is 0 Å². The van der Waals surface area contributed by atoms with Crippen molar-refractivity contribution in [3.63, 3.8) is 0 Å². The third-order valence-corrected chi connectivity index (χ3v) is 1.92. The molecule has 5 nitrogen and oxygen atoms in total. The maximum atomic E-state index is 10.6. The molecule has 0 amide bonds. The van der Waals surface area contributed by atoms with E-state index in [-0.39, 0.29) is 6.54 Å². The average Bonchev–Trinajstić information content (AvgIpc) is 2.39. The van der Waals surface area contributed by atoms with Gasteiger partial charge < -0.3 is 25.1 Å². The number of ether oxygens (including phenoxy) is 2. The second-order valence-electron chi connectivity index (χ2n) is 3.50. The van der Waals surface area contributed by atoms with Crippen LogP contribution in [0.25, 0.3) is 0 Å². The Kier molecular flexibility index (Phi) is 3.02. The largest absolute Gasteiger partial charge is 0.389 e. The first kappa shape index (κ1) is 10.6. The van der Waals surface area contributed by atoms with E-state index in [2.05, 4.69) is 0 Å². The van der Waals surface area contributed by atoms with Crippen LogP contribution in [-0.2, 0) is 14.3 Å². The molecule has 0 spiro atoms. The van der Waals surface area contributed by atoms with E-state index in [4.69, 9.17) is 15.2 Å². The SMILES string of the molecule is CC1(C)O[C@@H](C=O)[C@H](C(O)CN)O1.